The molecule has 0 aromatic carbocycles. The molecule has 0 amide bonds. The molecule has 5 heteroatoms. The molecule has 1 heterocycles. The molecular formula is C13H24ClN3O. The third-order valence-electron chi connectivity index (χ3n) is 3.13. The van der Waals surface area contributed by atoms with Gasteiger partial charge in [-0.3, -0.25) is 0 Å². The van der Waals surface area contributed by atoms with Gasteiger partial charge in [0.05, 0.1) is 24.2 Å². The fraction of sp³-hybridized carbons (Fsp3) is 0.846. The van der Waals surface area contributed by atoms with Crippen molar-refractivity contribution in [2.45, 2.75) is 52.0 Å². The van der Waals surface area contributed by atoms with E-state index in [9.17, 15) is 0 Å². The molecule has 4 nitrogen and oxygen atoms in total. The molecule has 0 saturated heterocycles. The first-order valence-corrected chi connectivity index (χ1v) is 7.15. The Bertz CT molecular complexity index is 352. The summed E-state index contributed by atoms with van der Waals surface area (Å²) in [7, 11) is 1.72. The van der Waals surface area contributed by atoms with Crippen LogP contribution >= 0.6 is 11.6 Å². The Morgan fingerprint density at radius 2 is 2.11 bits per heavy atom. The Morgan fingerprint density at radius 3 is 2.61 bits per heavy atom. The van der Waals surface area contributed by atoms with Gasteiger partial charge in [-0.25, -0.2) is 4.68 Å². The van der Waals surface area contributed by atoms with Crippen LogP contribution < -0.4 is 0 Å². The summed E-state index contributed by atoms with van der Waals surface area (Å²) >= 11 is 5.94. The smallest absolute Gasteiger partial charge is 0.101 e. The van der Waals surface area contributed by atoms with Crippen molar-refractivity contribution in [2.75, 3.05) is 13.7 Å². The van der Waals surface area contributed by atoms with Crippen molar-refractivity contribution in [2.24, 2.45) is 5.92 Å². The first kappa shape index (κ1) is 15.4. The Balaban J connectivity index is 2.91. The van der Waals surface area contributed by atoms with Gasteiger partial charge < -0.3 is 4.74 Å². The zero-order valence-corrected chi connectivity index (χ0v) is 12.6. The van der Waals surface area contributed by atoms with Crippen LogP contribution in [-0.4, -0.2) is 28.7 Å². The average Bonchev–Trinajstić information content (AvgIpc) is 2.76. The van der Waals surface area contributed by atoms with Crippen molar-refractivity contribution in [3.63, 3.8) is 0 Å². The van der Waals surface area contributed by atoms with Gasteiger partial charge in [0.15, 0.2) is 0 Å². The second-order valence-electron chi connectivity index (χ2n) is 5.01. The summed E-state index contributed by atoms with van der Waals surface area (Å²) in [4.78, 5) is 0. The van der Waals surface area contributed by atoms with Gasteiger partial charge in [0, 0.05) is 7.11 Å². The number of aromatic nitrogens is 3. The summed E-state index contributed by atoms with van der Waals surface area (Å²) in [5, 5.41) is 8.45. The van der Waals surface area contributed by atoms with E-state index in [4.69, 9.17) is 16.3 Å². The lowest BCUT2D eigenvalue weighted by atomic mass is 10.0. The fourth-order valence-electron chi connectivity index (χ4n) is 1.98. The highest BCUT2D eigenvalue weighted by Crippen LogP contribution is 2.20. The summed E-state index contributed by atoms with van der Waals surface area (Å²) in [5.41, 5.74) is 2.08. The summed E-state index contributed by atoms with van der Waals surface area (Å²) in [6, 6.07) is 0.252. The minimum Gasteiger partial charge on any atom is -0.382 e. The predicted molar refractivity (Wildman–Crippen MR) is 73.9 cm³/mol. The number of hydrogen-bond donors (Lipinski definition) is 0. The van der Waals surface area contributed by atoms with Crippen LogP contribution in [0, 0.1) is 5.92 Å². The minimum absolute atomic E-state index is 0.252. The zero-order chi connectivity index (χ0) is 13.5. The van der Waals surface area contributed by atoms with Crippen molar-refractivity contribution in [1.82, 2.24) is 15.0 Å². The second-order valence-corrected chi connectivity index (χ2v) is 5.28. The Hall–Kier alpha value is -0.610. The van der Waals surface area contributed by atoms with Crippen molar-refractivity contribution in [3.05, 3.63) is 11.4 Å². The van der Waals surface area contributed by atoms with Gasteiger partial charge >= 0.3 is 0 Å². The van der Waals surface area contributed by atoms with Gasteiger partial charge in [-0.05, 0) is 25.2 Å². The van der Waals surface area contributed by atoms with E-state index >= 15 is 0 Å². The summed E-state index contributed by atoms with van der Waals surface area (Å²) < 4.78 is 7.25. The van der Waals surface area contributed by atoms with Crippen LogP contribution in [-0.2, 0) is 17.0 Å². The molecular weight excluding hydrogens is 250 g/mol. The highest BCUT2D eigenvalue weighted by atomic mass is 35.5. The van der Waals surface area contributed by atoms with Gasteiger partial charge in [-0.15, -0.1) is 16.7 Å². The van der Waals surface area contributed by atoms with E-state index in [1.165, 1.54) is 5.69 Å². The van der Waals surface area contributed by atoms with Crippen LogP contribution in [0.15, 0.2) is 0 Å². The molecule has 0 spiro atoms. The van der Waals surface area contributed by atoms with E-state index in [1.54, 1.807) is 7.11 Å². The van der Waals surface area contributed by atoms with Crippen LogP contribution in [0.5, 0.6) is 0 Å². The van der Waals surface area contributed by atoms with Crippen LogP contribution in [0.25, 0.3) is 0 Å². The maximum absolute atomic E-state index is 5.94. The molecule has 1 aromatic rings. The molecule has 104 valence electrons. The molecule has 18 heavy (non-hydrogen) atoms. The maximum atomic E-state index is 5.94. The van der Waals surface area contributed by atoms with E-state index in [1.807, 2.05) is 4.68 Å². The maximum Gasteiger partial charge on any atom is 0.101 e. The monoisotopic (exact) mass is 273 g/mol. The lowest BCUT2D eigenvalue weighted by molar-refractivity contribution is 0.144. The van der Waals surface area contributed by atoms with E-state index < -0.39 is 0 Å². The van der Waals surface area contributed by atoms with E-state index in [0.29, 0.717) is 18.4 Å². The molecule has 0 radical (unpaired) electrons. The molecule has 1 atom stereocenters. The van der Waals surface area contributed by atoms with Crippen LogP contribution in [0.2, 0.25) is 0 Å². The largest absolute Gasteiger partial charge is 0.382 e. The lowest BCUT2D eigenvalue weighted by Gasteiger charge is -2.17. The summed E-state index contributed by atoms with van der Waals surface area (Å²) in [6.07, 6.45) is 3.08. The first-order valence-electron chi connectivity index (χ1n) is 6.61. The standard InChI is InChI=1S/C13H24ClN3O/c1-5-11(9-18-4)17-13(7-6-10(2)3)12(8-14)15-16-17/h10-11H,5-9H2,1-4H3. The molecule has 0 saturated carbocycles. The summed E-state index contributed by atoms with van der Waals surface area (Å²) in [5.74, 6) is 1.09. The van der Waals surface area contributed by atoms with E-state index in [0.717, 1.165) is 25.0 Å². The quantitative estimate of drug-likeness (QED) is 0.683. The average molecular weight is 274 g/mol. The van der Waals surface area contributed by atoms with Crippen molar-refractivity contribution in [1.29, 1.82) is 0 Å². The number of rotatable bonds is 8. The first-order chi connectivity index (χ1) is 8.63. The topological polar surface area (TPSA) is 39.9 Å². The number of alkyl halides is 1. The highest BCUT2D eigenvalue weighted by molar-refractivity contribution is 6.16. The number of hydrogen-bond acceptors (Lipinski definition) is 3. The number of ether oxygens (including phenoxy) is 1. The zero-order valence-electron chi connectivity index (χ0n) is 11.8. The van der Waals surface area contributed by atoms with Crippen LogP contribution in [0.4, 0.5) is 0 Å². The number of methoxy groups -OCH3 is 1. The van der Waals surface area contributed by atoms with Crippen molar-refractivity contribution in [3.8, 4) is 0 Å². The molecule has 0 aliphatic heterocycles. The van der Waals surface area contributed by atoms with Crippen LogP contribution in [0.3, 0.4) is 0 Å². The fourth-order valence-corrected chi connectivity index (χ4v) is 2.19. The summed E-state index contributed by atoms with van der Waals surface area (Å²) in [6.45, 7) is 7.25. The molecule has 0 aliphatic rings. The predicted octanol–water partition coefficient (Wildman–Crippen LogP) is 3.20. The van der Waals surface area contributed by atoms with Gasteiger partial charge in [0.1, 0.15) is 5.69 Å². The lowest BCUT2D eigenvalue weighted by Crippen LogP contribution is -2.18. The SMILES string of the molecule is CCC(COC)n1nnc(CCl)c1CCC(C)C. The third-order valence-corrected chi connectivity index (χ3v) is 3.39. The Kier molecular flexibility index (Phi) is 6.65. The minimum atomic E-state index is 0.252. The van der Waals surface area contributed by atoms with Crippen LogP contribution in [0.1, 0.15) is 51.0 Å². The Labute approximate surface area is 115 Å². The second kappa shape index (κ2) is 7.74. The molecule has 1 unspecified atom stereocenters. The van der Waals surface area contributed by atoms with Gasteiger partial charge in [0.2, 0.25) is 0 Å². The van der Waals surface area contributed by atoms with Gasteiger partial charge in [-0.2, -0.15) is 0 Å². The van der Waals surface area contributed by atoms with Crippen molar-refractivity contribution >= 4 is 11.6 Å². The van der Waals surface area contributed by atoms with Gasteiger partial charge in [-0.1, -0.05) is 26.0 Å². The molecule has 0 fully saturated rings. The van der Waals surface area contributed by atoms with Gasteiger partial charge in [0.25, 0.3) is 0 Å². The van der Waals surface area contributed by atoms with E-state index in [2.05, 4.69) is 31.1 Å². The number of halogens is 1. The third kappa shape index (κ3) is 3.95. The Morgan fingerprint density at radius 1 is 1.39 bits per heavy atom. The molecule has 0 bridgehead atoms. The van der Waals surface area contributed by atoms with E-state index in [-0.39, 0.29) is 6.04 Å². The van der Waals surface area contributed by atoms with Crippen molar-refractivity contribution < 1.29 is 4.74 Å². The normalized spacial score (nSPS) is 13.2. The molecule has 0 aliphatic carbocycles. The molecule has 1 aromatic heterocycles. The highest BCUT2D eigenvalue weighted by Gasteiger charge is 2.18. The molecule has 1 rings (SSSR count). The molecule has 0 N–H and O–H groups in total. The number of nitrogens with zero attached hydrogens (tertiary/aromatic N) is 3.